The van der Waals surface area contributed by atoms with Crippen molar-refractivity contribution in [1.29, 1.82) is 0 Å². The van der Waals surface area contributed by atoms with Crippen LogP contribution in [0.4, 0.5) is 26.3 Å². The minimum Gasteiger partial charge on any atom is -0.480 e. The van der Waals surface area contributed by atoms with Crippen molar-refractivity contribution in [3.8, 4) is 0 Å². The average molecular weight is 1150 g/mol. The Kier molecular flexibility index (Phi) is 20.6. The number of nitrogens with zero attached hydrogens (tertiary/aromatic N) is 3. The summed E-state index contributed by atoms with van der Waals surface area (Å²) in [5.74, 6) is -9.84. The first-order chi connectivity index (χ1) is 37.1. The largest absolute Gasteiger partial charge is 0.480 e. The van der Waals surface area contributed by atoms with Crippen LogP contribution in [-0.4, -0.2) is 122 Å². The summed E-state index contributed by atoms with van der Waals surface area (Å²) in [6, 6.07) is 19.5. The van der Waals surface area contributed by atoms with E-state index in [0.717, 1.165) is 67.7 Å². The van der Waals surface area contributed by atoms with E-state index >= 15 is 0 Å². The van der Waals surface area contributed by atoms with Crippen LogP contribution in [-0.2, 0) is 19.2 Å². The number of nitrogens with one attached hydrogen (secondary N) is 3. The number of alkyl halides is 1. The van der Waals surface area contributed by atoms with Crippen LogP contribution in [0.1, 0.15) is 92.9 Å². The Balaban J connectivity index is 0.000000187. The fraction of sp³-hybridized carbons (Fsp3) is 0.390. The number of carbonyl (C=O) groups is 4. The number of H-pyrrole nitrogens is 2. The van der Waals surface area contributed by atoms with Gasteiger partial charge in [-0.25, -0.2) is 26.3 Å². The molecule has 12 nitrogen and oxygen atoms in total. The van der Waals surface area contributed by atoms with Crippen molar-refractivity contribution in [3.63, 3.8) is 0 Å². The Morgan fingerprint density at radius 2 is 0.949 bits per heavy atom. The van der Waals surface area contributed by atoms with Crippen molar-refractivity contribution in [2.24, 2.45) is 11.8 Å². The number of rotatable bonds is 11. The van der Waals surface area contributed by atoms with Crippen LogP contribution in [0.2, 0.25) is 0 Å². The number of hydrogen-bond acceptors (Lipinski definition) is 6. The number of aliphatic carboxylic acids is 2. The number of carbonyl (C=O) groups excluding carboxylic acids is 2. The molecular formula is C59H65BrF6N6O6. The summed E-state index contributed by atoms with van der Waals surface area (Å²) in [5, 5.41) is 25.1. The minimum atomic E-state index is -1.55. The third kappa shape index (κ3) is 14.5. The van der Waals surface area contributed by atoms with Gasteiger partial charge in [0.2, 0.25) is 11.8 Å². The Hall–Kier alpha value is -6.70. The highest BCUT2D eigenvalue weighted by atomic mass is 79.9. The molecule has 416 valence electrons. The number of carboxylic acid groups (broad SMARTS) is 2. The van der Waals surface area contributed by atoms with Crippen LogP contribution in [0.3, 0.4) is 0 Å². The van der Waals surface area contributed by atoms with Crippen molar-refractivity contribution in [2.45, 2.75) is 81.5 Å². The van der Waals surface area contributed by atoms with Gasteiger partial charge in [-0.2, -0.15) is 0 Å². The Bertz CT molecular complexity index is 3050. The Morgan fingerprint density at radius 1 is 0.551 bits per heavy atom. The van der Waals surface area contributed by atoms with Gasteiger partial charge in [-0.15, -0.1) is 0 Å². The van der Waals surface area contributed by atoms with Crippen LogP contribution in [0, 0.1) is 46.7 Å². The molecule has 5 N–H and O–H groups in total. The monoisotopic (exact) mass is 1150 g/mol. The number of piperidine rings is 4. The van der Waals surface area contributed by atoms with Gasteiger partial charge in [0.15, 0.2) is 34.9 Å². The predicted octanol–water partition coefficient (Wildman–Crippen LogP) is 11.6. The number of amides is 2. The van der Waals surface area contributed by atoms with Crippen LogP contribution in [0.15, 0.2) is 97.3 Å². The van der Waals surface area contributed by atoms with Gasteiger partial charge in [0.25, 0.3) is 0 Å². The van der Waals surface area contributed by atoms with Gasteiger partial charge >= 0.3 is 11.9 Å². The molecule has 6 aromatic rings. The molecule has 2 aromatic heterocycles. The van der Waals surface area contributed by atoms with Gasteiger partial charge in [-0.3, -0.25) is 24.1 Å². The first-order valence-electron chi connectivity index (χ1n) is 26.0. The fourth-order valence-electron chi connectivity index (χ4n) is 11.1. The van der Waals surface area contributed by atoms with Crippen molar-refractivity contribution in [1.82, 2.24) is 30.0 Å². The van der Waals surface area contributed by atoms with E-state index in [4.69, 9.17) is 5.11 Å². The molecule has 0 radical (unpaired) electrons. The molecule has 0 saturated carbocycles. The topological polar surface area (TPSA) is 162 Å². The highest BCUT2D eigenvalue weighted by molar-refractivity contribution is 9.10. The molecule has 4 fully saturated rings. The van der Waals surface area contributed by atoms with Gasteiger partial charge in [-0.1, -0.05) is 59.8 Å². The van der Waals surface area contributed by atoms with E-state index in [0.29, 0.717) is 70.9 Å². The third-order valence-electron chi connectivity index (χ3n) is 15.3. The second-order valence-electron chi connectivity index (χ2n) is 20.0. The molecule has 4 saturated heterocycles. The first-order valence-corrected chi connectivity index (χ1v) is 26.9. The molecule has 2 atom stereocenters. The van der Waals surface area contributed by atoms with Gasteiger partial charge in [0, 0.05) is 72.5 Å². The normalized spacial score (nSPS) is 18.0. The van der Waals surface area contributed by atoms with Crippen LogP contribution < -0.4 is 5.32 Å². The molecule has 2 amide bonds. The number of carboxylic acids is 2. The number of aromatic amines is 2. The van der Waals surface area contributed by atoms with Gasteiger partial charge < -0.3 is 35.3 Å². The van der Waals surface area contributed by atoms with Gasteiger partial charge in [0.05, 0.1) is 0 Å². The maximum Gasteiger partial charge on any atom is 0.321 e. The number of halogens is 7. The molecule has 2 unspecified atom stereocenters. The third-order valence-corrected chi connectivity index (χ3v) is 16.4. The summed E-state index contributed by atoms with van der Waals surface area (Å²) in [7, 11) is 0. The van der Waals surface area contributed by atoms with E-state index in [1.54, 1.807) is 4.90 Å². The Morgan fingerprint density at radius 3 is 1.36 bits per heavy atom. The lowest BCUT2D eigenvalue weighted by Gasteiger charge is -2.41. The second-order valence-corrected chi connectivity index (χ2v) is 21.0. The number of benzene rings is 4. The van der Waals surface area contributed by atoms with Crippen molar-refractivity contribution < 1.29 is 55.7 Å². The molecule has 6 heterocycles. The summed E-state index contributed by atoms with van der Waals surface area (Å²) < 4.78 is 79.0. The number of fused-ring (bicyclic) bond motifs is 2. The van der Waals surface area contributed by atoms with Gasteiger partial charge in [-0.05, 0) is 172 Å². The molecule has 4 aliphatic heterocycles. The van der Waals surface area contributed by atoms with Crippen molar-refractivity contribution in [3.05, 3.63) is 154 Å². The highest BCUT2D eigenvalue weighted by Crippen LogP contribution is 2.36. The van der Waals surface area contributed by atoms with Crippen LogP contribution in [0.5, 0.6) is 0 Å². The minimum absolute atomic E-state index is 0. The quantitative estimate of drug-likeness (QED) is 0.0371. The van der Waals surface area contributed by atoms with Gasteiger partial charge in [0.1, 0.15) is 10.9 Å². The lowest BCUT2D eigenvalue weighted by atomic mass is 9.84. The summed E-state index contributed by atoms with van der Waals surface area (Å²) in [6.45, 7) is 5.31. The zero-order chi connectivity index (χ0) is 54.8. The smallest absolute Gasteiger partial charge is 0.321 e. The fourth-order valence-corrected chi connectivity index (χ4v) is 11.6. The molecule has 0 bridgehead atoms. The molecule has 4 aromatic carbocycles. The maximum atomic E-state index is 13.4. The van der Waals surface area contributed by atoms with Crippen LogP contribution >= 0.6 is 15.9 Å². The molecule has 10 rings (SSSR count). The second kappa shape index (κ2) is 27.3. The SMILES string of the molecule is C.O=C(O)C(Br)C1CCN(C(=O)/C=C/c2cc(F)c(F)c(F)c2)CC1.O=C(O)C(C1CCN(C(=O)/C=C/c2cc(F)c(F)c(F)c2)CC1)N1CCC(c2c[nH]c3ccccc23)CC1.c1ccc2c(C3CCNCC3)c[nH]c2c1. The van der Waals surface area contributed by atoms with E-state index in [2.05, 4.69) is 84.9 Å². The van der Waals surface area contributed by atoms with Crippen LogP contribution in [0.25, 0.3) is 34.0 Å². The maximum absolute atomic E-state index is 13.4. The first kappa shape index (κ1) is 59.0. The summed E-state index contributed by atoms with van der Waals surface area (Å²) in [6.07, 6.45) is 15.6. The van der Waals surface area contributed by atoms with E-state index < -0.39 is 57.7 Å². The number of hydrogen-bond donors (Lipinski definition) is 5. The van der Waals surface area contributed by atoms with Crippen molar-refractivity contribution >= 4 is 73.6 Å². The van der Waals surface area contributed by atoms with Crippen molar-refractivity contribution in [2.75, 3.05) is 52.4 Å². The number of para-hydroxylation sites is 2. The molecule has 4 aliphatic rings. The molecular weight excluding hydrogens is 1080 g/mol. The zero-order valence-corrected chi connectivity index (χ0v) is 43.8. The molecule has 0 aliphatic carbocycles. The predicted molar refractivity (Wildman–Crippen MR) is 293 cm³/mol. The molecule has 19 heteroatoms. The summed E-state index contributed by atoms with van der Waals surface area (Å²) in [5.41, 5.74) is 5.27. The highest BCUT2D eigenvalue weighted by Gasteiger charge is 2.38. The number of aromatic nitrogens is 2. The van der Waals surface area contributed by atoms with E-state index in [-0.39, 0.29) is 42.2 Å². The number of likely N-dealkylation sites (tertiary alicyclic amines) is 3. The van der Waals surface area contributed by atoms with E-state index in [1.807, 2.05) is 12.1 Å². The lowest BCUT2D eigenvalue weighted by molar-refractivity contribution is -0.147. The standard InChI is InChI=1S/C29H30F3N3O3.C16H15BrF3NO3.C13H16N2.CH4/c30-23-15-18(16-24(31)27(23)32)5-6-26(36)34-11-9-20(10-12-34)28(29(37)38)35-13-7-19(8-14-35)22-17-33-25-4-2-1-3-21(22)25;17-14(16(23)24)10-3-5-21(6-4-10)13(22)2-1-9-7-11(18)15(20)12(19)8-9;1-2-4-13-11(3-1)12(9-15-13)10-5-7-14-8-6-10;/h1-6,15-17,19-20,28,33H,7-14H2,(H,37,38);1-2,7-8,10,14H,3-6H2,(H,23,24);1-4,9-10,14-15H,5-8H2;1H4/b6-5+;2-1+;;. The van der Waals surface area contributed by atoms with E-state index in [1.165, 1.54) is 63.4 Å². The molecule has 78 heavy (non-hydrogen) atoms. The summed E-state index contributed by atoms with van der Waals surface area (Å²) >= 11 is 3.12. The average Bonchev–Trinajstić information content (AvgIpc) is 4.11. The molecule has 0 spiro atoms. The summed E-state index contributed by atoms with van der Waals surface area (Å²) in [4.78, 5) is 59.2. The Labute approximate surface area is 457 Å². The van der Waals surface area contributed by atoms with E-state index in [9.17, 15) is 50.6 Å². The lowest BCUT2D eigenvalue weighted by Crippen LogP contribution is -2.52. The zero-order valence-electron chi connectivity index (χ0n) is 42.2.